The fourth-order valence-corrected chi connectivity index (χ4v) is 17.2. The Bertz CT molecular complexity index is 6360. The van der Waals surface area contributed by atoms with Crippen LogP contribution in [-0.4, -0.2) is 201 Å². The number of methoxy groups -OCH3 is 1. The van der Waals surface area contributed by atoms with E-state index >= 15 is 17.6 Å². The first kappa shape index (κ1) is 99.4. The summed E-state index contributed by atoms with van der Waals surface area (Å²) < 4.78 is 97.3. The summed E-state index contributed by atoms with van der Waals surface area (Å²) in [6.07, 6.45) is 13.5. The molecule has 3 aliphatic rings. The van der Waals surface area contributed by atoms with Crippen molar-refractivity contribution in [2.45, 2.75) is 209 Å². The van der Waals surface area contributed by atoms with Crippen LogP contribution in [0.25, 0.3) is 22.1 Å². The number of piperidine rings is 1. The van der Waals surface area contributed by atoms with Gasteiger partial charge in [-0.15, -0.1) is 0 Å². The maximum Gasteiger partial charge on any atom is 0.260 e. The lowest BCUT2D eigenvalue weighted by atomic mass is 9.95. The Morgan fingerprint density at radius 3 is 1.02 bits per heavy atom. The van der Waals surface area contributed by atoms with Crippen molar-refractivity contribution >= 4 is 115 Å². The van der Waals surface area contributed by atoms with Crippen molar-refractivity contribution in [3.8, 4) is 23.0 Å². The quantitative estimate of drug-likeness (QED) is 0.0189. The number of hydrogen-bond acceptors (Lipinski definition) is 24. The molecule has 15 rings (SSSR count). The number of aromatic nitrogens is 12. The summed E-state index contributed by atoms with van der Waals surface area (Å²) in [7, 11) is 1.51. The van der Waals surface area contributed by atoms with Gasteiger partial charge in [-0.2, -0.15) is 0 Å². The zero-order valence-corrected chi connectivity index (χ0v) is 79.3. The lowest BCUT2D eigenvalue weighted by Gasteiger charge is -2.31. The number of aliphatic hydroxyl groups excluding tert-OH is 3. The molecule has 1 saturated carbocycles. The second kappa shape index (κ2) is 41.2. The van der Waals surface area contributed by atoms with E-state index in [2.05, 4.69) is 45.5 Å². The number of carbonyl (C=O) groups is 4. The number of aryl methyl sites for hydroxylation is 4. The topological polar surface area (TPSA) is 430 Å². The molecule has 0 spiro atoms. The number of fused-ring (bicyclic) bond motifs is 4. The van der Waals surface area contributed by atoms with Crippen molar-refractivity contribution in [3.63, 3.8) is 0 Å². The average molecular weight is 1910 g/mol. The summed E-state index contributed by atoms with van der Waals surface area (Å²) in [6.45, 7) is 30.7. The highest BCUT2D eigenvalue weighted by Gasteiger charge is 2.46. The van der Waals surface area contributed by atoms with Gasteiger partial charge in [0.15, 0.2) is 23.3 Å². The van der Waals surface area contributed by atoms with Crippen LogP contribution in [0.3, 0.4) is 0 Å². The number of nitrogens with one attached hydrogen (secondary N) is 2. The second-order valence-electron chi connectivity index (χ2n) is 34.1. The number of β-amino-alcohol motifs (C(OH)–C–C–N with tert-alkyl or cyclic N) is 1. The number of benzene rings is 4. The van der Waals surface area contributed by atoms with Crippen LogP contribution in [0, 0.1) is 51.0 Å². The van der Waals surface area contributed by atoms with Gasteiger partial charge in [0.2, 0.25) is 0 Å². The normalized spacial score (nSPS) is 15.3. The summed E-state index contributed by atoms with van der Waals surface area (Å²) in [5, 5.41) is 34.0. The maximum absolute atomic E-state index is 15.4. The highest BCUT2D eigenvalue weighted by molar-refractivity contribution is 6.32. The summed E-state index contributed by atoms with van der Waals surface area (Å²) in [5.41, 5.74) is 30.2. The van der Waals surface area contributed by atoms with Crippen molar-refractivity contribution in [1.82, 2.24) is 77.9 Å². The van der Waals surface area contributed by atoms with E-state index in [1.807, 2.05) is 86.8 Å². The third-order valence-electron chi connectivity index (χ3n) is 23.0. The lowest BCUT2D eigenvalue weighted by molar-refractivity contribution is 0.0536. The molecule has 0 bridgehead atoms. The third kappa shape index (κ3) is 20.6. The Morgan fingerprint density at radius 1 is 0.455 bits per heavy atom. The van der Waals surface area contributed by atoms with Crippen LogP contribution in [0.15, 0.2) is 73.8 Å². The first-order valence-corrected chi connectivity index (χ1v) is 44.7. The van der Waals surface area contributed by atoms with Gasteiger partial charge in [0.05, 0.1) is 98.2 Å². The monoisotopic (exact) mass is 1900 g/mol. The molecule has 2 saturated heterocycles. The molecular weight excluding hydrogens is 1790 g/mol. The van der Waals surface area contributed by atoms with Crippen LogP contribution >= 0.6 is 46.4 Å². The number of anilines is 4. The zero-order chi connectivity index (χ0) is 96.4. The molecule has 10 heterocycles. The van der Waals surface area contributed by atoms with E-state index in [4.69, 9.17) is 98.0 Å². The van der Waals surface area contributed by atoms with Gasteiger partial charge < -0.3 is 82.4 Å². The summed E-state index contributed by atoms with van der Waals surface area (Å²) in [5.74, 6) is -3.01. The Balaban J connectivity index is 0.000000159. The average Bonchev–Trinajstić information content (AvgIpc) is 1.33. The van der Waals surface area contributed by atoms with E-state index in [1.54, 1.807) is 91.1 Å². The van der Waals surface area contributed by atoms with Gasteiger partial charge in [0.1, 0.15) is 114 Å². The fraction of sp³-hybridized carbons (Fsp3) is 0.435. The smallest absolute Gasteiger partial charge is 0.260 e. The number of ether oxygens (including phenoxy) is 5. The van der Waals surface area contributed by atoms with Crippen LogP contribution in [-0.2, 0) is 4.74 Å². The number of aliphatic hydroxyl groups is 3. The number of amides is 4. The SMILES string of the molecule is COCCNC(=O)c1c(F)c(Cl)cc(C(C)c2nc(C)c3c(N)nccn23)c1OC(C)C.Cc1nc(C(C)c2cc(Cl)c(F)c(C(=O)N3CCC(O)C3)c2OC(C)C)n2ccnc(N)c12.Cc1nc(C(C)c2cc(Cl)c(F)c(C(=O)N3CCC(O)CC3)c2OC(C)C)n2ccnc(N)c12.Cc1nc(C(C)c2cc(Cl)c(F)c(C(=O)NC3(CO)CC3)c2OC(C)C)n2ccnc(N)c12. The van der Waals surface area contributed by atoms with Crippen molar-refractivity contribution in [1.29, 1.82) is 0 Å². The molecule has 40 heteroatoms. The zero-order valence-electron chi connectivity index (χ0n) is 76.3. The van der Waals surface area contributed by atoms with E-state index in [0.717, 1.165) is 0 Å². The standard InChI is InChI=1S/C24H29ClFN5O3.2C23H27ClFN5O3.C22H27ClFN5O3/c1-12(2)34-21-16(13(3)23-29-14(4)20-22(27)28-7-10-31(20)23)11-17(25)19(26)18(21)24(33)30-8-5-15(32)6-9-30;1-11(2)33-20-15(12(3)22-28-13(4)19-21(26)27-6-8-30(19)22)9-16(24)18(25)17(20)23(32)29-7-5-14(31)10-29;1-11(2)33-19-14(12(3)21-28-13(4)18-20(26)27-7-8-30(18)21)9-15(24)17(25)16(19)22(32)29-23(10-31)5-6-23;1-11(2)32-19-14(10-15(23)17(24)16(19)22(30)27-7-9-31-5)12(3)21-28-13(4)18-20(25)26-6-8-29(18)21/h7,10-13,15,32H,5-6,8-9H2,1-4H3,(H2,27,28);6,8-9,11-12,14,31H,5,7,10H2,1-4H3,(H2,26,27);7-9,11-12,31H,5-6,10H2,1-4H3,(H2,26,27)(H,29,32);6,8,10-12H,7,9H2,1-5H3,(H2,25,26)(H,27,30). The minimum Gasteiger partial charge on any atom is -0.490 e. The van der Waals surface area contributed by atoms with Crippen molar-refractivity contribution in [2.24, 2.45) is 0 Å². The lowest BCUT2D eigenvalue weighted by Crippen LogP contribution is -2.40. The van der Waals surface area contributed by atoms with Crippen LogP contribution in [0.2, 0.25) is 20.1 Å². The minimum atomic E-state index is -0.868. The molecule has 0 radical (unpaired) electrons. The molecule has 5 unspecified atom stereocenters. The molecule has 5 atom stereocenters. The van der Waals surface area contributed by atoms with Gasteiger partial charge >= 0.3 is 0 Å². The summed E-state index contributed by atoms with van der Waals surface area (Å²) in [6, 6.07) is 5.93. The number of hydrogen-bond donors (Lipinski definition) is 9. The van der Waals surface area contributed by atoms with Gasteiger partial charge in [-0.25, -0.2) is 57.4 Å². The highest BCUT2D eigenvalue weighted by atomic mass is 35.5. The Morgan fingerprint density at radius 2 is 0.735 bits per heavy atom. The Labute approximate surface area is 780 Å². The van der Waals surface area contributed by atoms with Gasteiger partial charge in [-0.3, -0.25) is 36.8 Å². The Hall–Kier alpha value is -11.6. The van der Waals surface area contributed by atoms with E-state index < -0.39 is 88.3 Å². The third-order valence-corrected chi connectivity index (χ3v) is 24.1. The van der Waals surface area contributed by atoms with E-state index in [0.29, 0.717) is 165 Å². The van der Waals surface area contributed by atoms with Crippen LogP contribution in [0.1, 0.15) is 249 Å². The van der Waals surface area contributed by atoms with Gasteiger partial charge in [0.25, 0.3) is 23.6 Å². The number of halogens is 8. The molecule has 13 N–H and O–H groups in total. The molecular formula is C92H110Cl4F4N20O12. The highest BCUT2D eigenvalue weighted by Crippen LogP contribution is 2.47. The summed E-state index contributed by atoms with van der Waals surface area (Å²) >= 11 is 25.1. The number of likely N-dealkylation sites (tertiary alicyclic amines) is 2. The molecule has 12 aromatic rings. The van der Waals surface area contributed by atoms with Gasteiger partial charge in [0, 0.05) is 135 Å². The van der Waals surface area contributed by atoms with Gasteiger partial charge in [-0.1, -0.05) is 74.1 Å². The van der Waals surface area contributed by atoms with Crippen LogP contribution < -0.4 is 52.5 Å². The first-order chi connectivity index (χ1) is 62.4. The number of carbonyl (C=O) groups excluding carboxylic acids is 4. The number of nitrogen functional groups attached to an aromatic ring is 4. The molecule has 4 amide bonds. The predicted molar refractivity (Wildman–Crippen MR) is 496 cm³/mol. The molecule has 706 valence electrons. The number of imidazole rings is 4. The molecule has 132 heavy (non-hydrogen) atoms. The van der Waals surface area contributed by atoms with Crippen molar-refractivity contribution < 1.29 is 75.7 Å². The molecule has 2 aliphatic heterocycles. The largest absolute Gasteiger partial charge is 0.490 e. The van der Waals surface area contributed by atoms with Crippen LogP contribution in [0.5, 0.6) is 23.0 Å². The van der Waals surface area contributed by atoms with Gasteiger partial charge in [-0.05, 0) is 139 Å². The van der Waals surface area contributed by atoms with E-state index in [1.165, 1.54) is 41.2 Å². The minimum absolute atomic E-state index is 0.0991. The Kier molecular flexibility index (Phi) is 31.0. The summed E-state index contributed by atoms with van der Waals surface area (Å²) in [4.78, 5) is 91.1. The molecule has 1 aliphatic carbocycles. The second-order valence-corrected chi connectivity index (χ2v) is 35.7. The number of nitrogens with zero attached hydrogens (tertiary/aromatic N) is 14. The molecule has 4 aromatic carbocycles. The fourth-order valence-electron chi connectivity index (χ4n) is 16.3. The first-order valence-electron chi connectivity index (χ1n) is 43.2. The molecule has 32 nitrogen and oxygen atoms in total. The predicted octanol–water partition coefficient (Wildman–Crippen LogP) is 14.8. The van der Waals surface area contributed by atoms with Crippen LogP contribution in [0.4, 0.5) is 40.8 Å². The number of rotatable bonds is 25. The maximum atomic E-state index is 15.4. The van der Waals surface area contributed by atoms with Crippen molar-refractivity contribution in [3.05, 3.63) is 208 Å². The van der Waals surface area contributed by atoms with E-state index in [-0.39, 0.29) is 116 Å². The van der Waals surface area contributed by atoms with Crippen molar-refractivity contribution in [2.75, 3.05) is 76.0 Å². The van der Waals surface area contributed by atoms with E-state index in [9.17, 15) is 34.5 Å². The molecule has 3 fully saturated rings. The number of nitrogens with two attached hydrogens (primary N) is 4. The molecule has 8 aromatic heterocycles.